The van der Waals surface area contributed by atoms with E-state index in [2.05, 4.69) is 10.3 Å². The Morgan fingerprint density at radius 2 is 1.91 bits per heavy atom. The van der Waals surface area contributed by atoms with E-state index in [1.54, 1.807) is 43.5 Å². The zero-order chi connectivity index (χ0) is 31.1. The molecule has 2 aromatic carbocycles. The molecule has 4 aromatic rings. The van der Waals surface area contributed by atoms with E-state index >= 15 is 0 Å². The second kappa shape index (κ2) is 11.8. The lowest BCUT2D eigenvalue weighted by Gasteiger charge is -2.37. The minimum atomic E-state index is -3.61. The summed E-state index contributed by atoms with van der Waals surface area (Å²) in [6.45, 7) is 6.44. The number of para-hydroxylation sites is 1. The van der Waals surface area contributed by atoms with E-state index in [1.807, 2.05) is 25.1 Å². The fourth-order valence-corrected chi connectivity index (χ4v) is 7.72. The molecule has 1 saturated heterocycles. The van der Waals surface area contributed by atoms with Crippen LogP contribution in [-0.2, 0) is 23.4 Å². The molecule has 0 atom stereocenters. The predicted molar refractivity (Wildman–Crippen MR) is 169 cm³/mol. The van der Waals surface area contributed by atoms with E-state index in [1.165, 1.54) is 16.7 Å². The number of amides is 1. The molecule has 3 heterocycles. The van der Waals surface area contributed by atoms with Crippen molar-refractivity contribution in [1.82, 2.24) is 19.2 Å². The van der Waals surface area contributed by atoms with Gasteiger partial charge < -0.3 is 19.6 Å². The molecule has 4 N–H and O–H groups in total. The quantitative estimate of drug-likeness (QED) is 0.201. The molecule has 1 aliphatic rings. The Hall–Kier alpha value is -3.62. The van der Waals surface area contributed by atoms with E-state index < -0.39 is 20.6 Å². The largest absolute Gasteiger partial charge is 0.456 e. The van der Waals surface area contributed by atoms with Gasteiger partial charge in [-0.1, -0.05) is 25.1 Å². The van der Waals surface area contributed by atoms with Gasteiger partial charge in [-0.05, 0) is 50.1 Å². The smallest absolute Gasteiger partial charge is 0.274 e. The predicted octanol–water partition coefficient (Wildman–Crippen LogP) is 5.05. The molecule has 1 fully saturated rings. The van der Waals surface area contributed by atoms with Crippen LogP contribution in [0, 0.1) is 6.92 Å². The van der Waals surface area contributed by atoms with Crippen molar-refractivity contribution < 1.29 is 27.1 Å². The highest BCUT2D eigenvalue weighted by molar-refractivity contribution is 8.22. The number of fused-ring (bicyclic) bond motifs is 1. The number of hydrogen-bond donors (Lipinski definition) is 4. The number of H-pyrrole nitrogens is 1. The first-order chi connectivity index (χ1) is 20.4. The van der Waals surface area contributed by atoms with Gasteiger partial charge in [0.25, 0.3) is 11.5 Å². The van der Waals surface area contributed by atoms with Gasteiger partial charge in [0, 0.05) is 55.0 Å². The third kappa shape index (κ3) is 5.95. The summed E-state index contributed by atoms with van der Waals surface area (Å²) in [7, 11) is -4.89. The number of carbonyl (C=O) groups is 1. The number of aromatic amines is 1. The number of carbonyl (C=O) groups excluding carboxylic acids is 1. The lowest BCUT2D eigenvalue weighted by molar-refractivity contribution is 0.0951. The molecule has 0 spiro atoms. The van der Waals surface area contributed by atoms with Crippen molar-refractivity contribution in [2.24, 2.45) is 7.05 Å². The monoisotopic (exact) mass is 628 g/mol. The van der Waals surface area contributed by atoms with Crippen molar-refractivity contribution >= 4 is 37.4 Å². The fourth-order valence-electron chi connectivity index (χ4n) is 5.27. The third-order valence-corrected chi connectivity index (χ3v) is 11.3. The molecular formula is C30H36N4O7S2. The lowest BCUT2D eigenvalue weighted by Crippen LogP contribution is -2.23. The number of rotatable bonds is 9. The molecule has 1 aliphatic heterocycles. The van der Waals surface area contributed by atoms with Crippen LogP contribution < -0.4 is 15.6 Å². The molecule has 13 heteroatoms. The van der Waals surface area contributed by atoms with Gasteiger partial charge in [-0.15, -0.1) is 10.8 Å². The molecule has 2 aromatic heterocycles. The molecule has 0 saturated carbocycles. The maximum absolute atomic E-state index is 13.1. The summed E-state index contributed by atoms with van der Waals surface area (Å²) >= 11 is 0. The van der Waals surface area contributed by atoms with Gasteiger partial charge in [0.15, 0.2) is 9.84 Å². The molecule has 1 amide bonds. The molecular weight excluding hydrogens is 592 g/mol. The van der Waals surface area contributed by atoms with Crippen molar-refractivity contribution in [1.29, 1.82) is 0 Å². The van der Waals surface area contributed by atoms with Gasteiger partial charge in [0.1, 0.15) is 22.7 Å². The lowest BCUT2D eigenvalue weighted by atomic mass is 10.0. The summed E-state index contributed by atoms with van der Waals surface area (Å²) in [4.78, 5) is 28.8. The summed E-state index contributed by atoms with van der Waals surface area (Å²) in [6.07, 6.45) is 2.28. The minimum absolute atomic E-state index is 0.0925. The van der Waals surface area contributed by atoms with Crippen molar-refractivity contribution in [3.63, 3.8) is 0 Å². The van der Waals surface area contributed by atoms with Gasteiger partial charge in [-0.3, -0.25) is 18.7 Å². The van der Waals surface area contributed by atoms with Crippen LogP contribution >= 0.6 is 10.8 Å². The second-order valence-electron chi connectivity index (χ2n) is 10.6. The molecule has 230 valence electrons. The molecule has 0 radical (unpaired) electrons. The highest BCUT2D eigenvalue weighted by Crippen LogP contribution is 2.50. The zero-order valence-corrected chi connectivity index (χ0v) is 26.1. The number of pyridine rings is 1. The van der Waals surface area contributed by atoms with E-state index in [4.69, 9.17) is 4.74 Å². The van der Waals surface area contributed by atoms with Crippen molar-refractivity contribution in [3.05, 3.63) is 75.8 Å². The maximum Gasteiger partial charge on any atom is 0.274 e. The van der Waals surface area contributed by atoms with Crippen LogP contribution in [0.25, 0.3) is 22.0 Å². The van der Waals surface area contributed by atoms with Gasteiger partial charge in [0.05, 0.1) is 16.4 Å². The number of ether oxygens (including phenoxy) is 1. The highest BCUT2D eigenvalue weighted by Gasteiger charge is 2.30. The van der Waals surface area contributed by atoms with Crippen LogP contribution in [0.2, 0.25) is 0 Å². The standard InChI is InChI=1S/C30H36N4O7S2/c1-5-31-29(35)25-16-23-24(18-33(4)30(36)27(23)32-25)22-15-21(42(37,38)6-2)11-12-26(22)41-28-19(3)9-7-10-20(28)17-34-13-8-14-43(34,39)40/h7,9-12,15-16,18,32,39-40H,5-6,8,13-14,17H2,1-4H3,(H,31,35). The van der Waals surface area contributed by atoms with E-state index in [0.717, 1.165) is 11.1 Å². The molecule has 11 nitrogen and oxygen atoms in total. The Bertz CT molecular complexity index is 1880. The molecule has 0 bridgehead atoms. The van der Waals surface area contributed by atoms with Crippen LogP contribution in [-0.4, -0.2) is 61.9 Å². The zero-order valence-electron chi connectivity index (χ0n) is 24.5. The summed E-state index contributed by atoms with van der Waals surface area (Å²) in [5.41, 5.74) is 2.50. The van der Waals surface area contributed by atoms with Crippen molar-refractivity contribution in [3.8, 4) is 22.6 Å². The Morgan fingerprint density at radius 1 is 1.14 bits per heavy atom. The van der Waals surface area contributed by atoms with Gasteiger partial charge in [0.2, 0.25) is 0 Å². The van der Waals surface area contributed by atoms with Gasteiger partial charge >= 0.3 is 0 Å². The first kappa shape index (κ1) is 30.8. The van der Waals surface area contributed by atoms with Crippen LogP contribution in [0.1, 0.15) is 41.9 Å². The SMILES string of the molecule is CCNC(=O)c1cc2c(-c3cc(S(=O)(=O)CC)ccc3Oc3c(C)cccc3CN3CCCS3(O)O)cn(C)c(=O)c2[nH]1. The van der Waals surface area contributed by atoms with E-state index in [0.29, 0.717) is 53.3 Å². The molecule has 5 rings (SSSR count). The number of benzene rings is 2. The number of nitrogens with one attached hydrogen (secondary N) is 2. The minimum Gasteiger partial charge on any atom is -0.456 e. The Balaban J connectivity index is 1.70. The number of aromatic nitrogens is 2. The Labute approximate surface area is 251 Å². The van der Waals surface area contributed by atoms with Crippen LogP contribution in [0.3, 0.4) is 0 Å². The van der Waals surface area contributed by atoms with E-state index in [-0.39, 0.29) is 39.9 Å². The van der Waals surface area contributed by atoms with Crippen LogP contribution in [0.4, 0.5) is 0 Å². The van der Waals surface area contributed by atoms with Crippen molar-refractivity contribution in [2.75, 3.05) is 24.6 Å². The summed E-state index contributed by atoms with van der Waals surface area (Å²) < 4.78 is 56.6. The van der Waals surface area contributed by atoms with Crippen molar-refractivity contribution in [2.45, 2.75) is 38.6 Å². The normalized spacial score (nSPS) is 16.0. The maximum atomic E-state index is 13.1. The summed E-state index contributed by atoms with van der Waals surface area (Å²) in [5, 5.41) is 3.16. The van der Waals surface area contributed by atoms with E-state index in [9.17, 15) is 27.1 Å². The van der Waals surface area contributed by atoms with Gasteiger partial charge in [-0.25, -0.2) is 12.7 Å². The summed E-state index contributed by atoms with van der Waals surface area (Å²) in [5.74, 6) is 0.687. The second-order valence-corrected chi connectivity index (χ2v) is 15.0. The molecule has 43 heavy (non-hydrogen) atoms. The first-order valence-electron chi connectivity index (χ1n) is 14.0. The van der Waals surface area contributed by atoms with Gasteiger partial charge in [-0.2, -0.15) is 0 Å². The average molecular weight is 629 g/mol. The topological polar surface area (TPSA) is 154 Å². The molecule has 0 aliphatic carbocycles. The fraction of sp³-hybridized carbons (Fsp3) is 0.333. The first-order valence-corrected chi connectivity index (χ1v) is 17.3. The number of nitrogens with zero attached hydrogens (tertiary/aromatic N) is 2. The number of aryl methyl sites for hydroxylation is 2. The van der Waals surface area contributed by atoms with Crippen LogP contribution in [0.15, 0.2) is 58.4 Å². The summed E-state index contributed by atoms with van der Waals surface area (Å²) in [6, 6.07) is 11.8. The number of sulfone groups is 1. The van der Waals surface area contributed by atoms with Crippen LogP contribution in [0.5, 0.6) is 11.5 Å². The number of hydrogen-bond acceptors (Lipinski definition) is 8. The Kier molecular flexibility index (Phi) is 8.47. The highest BCUT2D eigenvalue weighted by atomic mass is 32.3. The Morgan fingerprint density at radius 3 is 2.58 bits per heavy atom. The average Bonchev–Trinajstić information content (AvgIpc) is 3.56. The molecule has 0 unspecified atom stereocenters. The third-order valence-electron chi connectivity index (χ3n) is 7.62.